The molecular weight excluding hydrogens is 424 g/mol. The van der Waals surface area contributed by atoms with E-state index in [9.17, 15) is 4.79 Å². The van der Waals surface area contributed by atoms with E-state index >= 15 is 0 Å². The number of piperidine rings is 1. The van der Waals surface area contributed by atoms with Crippen molar-refractivity contribution in [2.24, 2.45) is 0 Å². The van der Waals surface area contributed by atoms with E-state index in [1.54, 1.807) is 0 Å². The Hall–Kier alpha value is -3.11. The summed E-state index contributed by atoms with van der Waals surface area (Å²) in [5.74, 6) is 2.26. The number of carbonyl (C=O) groups excluding carboxylic acids is 1. The van der Waals surface area contributed by atoms with Crippen LogP contribution in [0.4, 0.5) is 23.1 Å². The molecule has 1 aliphatic heterocycles. The molecule has 32 heavy (non-hydrogen) atoms. The van der Waals surface area contributed by atoms with Crippen molar-refractivity contribution in [1.82, 2.24) is 25.5 Å². The minimum Gasteiger partial charge on any atom is -0.367 e. The van der Waals surface area contributed by atoms with Gasteiger partial charge in [-0.3, -0.25) is 9.89 Å². The average Bonchev–Trinajstić information content (AvgIpc) is 3.20. The average molecular weight is 453 g/mol. The van der Waals surface area contributed by atoms with E-state index in [1.807, 2.05) is 50.2 Å². The number of H-pyrrole nitrogens is 1. The number of nitrogens with one attached hydrogen (secondary N) is 5. The summed E-state index contributed by atoms with van der Waals surface area (Å²) < 4.78 is 0. The third-order valence-electron chi connectivity index (χ3n) is 5.03. The van der Waals surface area contributed by atoms with Gasteiger partial charge in [-0.15, -0.1) is 0 Å². The normalized spacial score (nSPS) is 14.2. The number of carbonyl (C=O) groups is 1. The second-order valence-corrected chi connectivity index (χ2v) is 8.71. The molecule has 1 aliphatic rings. The number of hydrogen-bond donors (Lipinski definition) is 5. The van der Waals surface area contributed by atoms with E-state index in [-0.39, 0.29) is 5.91 Å². The second-order valence-electron chi connectivity index (χ2n) is 7.67. The van der Waals surface area contributed by atoms with Crippen molar-refractivity contribution in [3.63, 3.8) is 0 Å². The van der Waals surface area contributed by atoms with Crippen LogP contribution >= 0.6 is 11.8 Å². The first-order valence-corrected chi connectivity index (χ1v) is 11.6. The molecule has 0 unspecified atom stereocenters. The van der Waals surface area contributed by atoms with Crippen molar-refractivity contribution in [3.05, 3.63) is 42.1 Å². The molecule has 10 heteroatoms. The number of benzene rings is 1. The Labute approximate surface area is 191 Å². The number of rotatable bonds is 8. The minimum absolute atomic E-state index is 0.00446. The molecule has 0 bridgehead atoms. The predicted octanol–water partition coefficient (Wildman–Crippen LogP) is 3.92. The van der Waals surface area contributed by atoms with Crippen LogP contribution in [0.2, 0.25) is 0 Å². The molecule has 2 aromatic heterocycles. The molecule has 0 atom stereocenters. The summed E-state index contributed by atoms with van der Waals surface area (Å²) in [6.07, 6.45) is 2.56. The van der Waals surface area contributed by atoms with Gasteiger partial charge in [0.05, 0.1) is 5.69 Å². The molecule has 3 heterocycles. The topological polar surface area (TPSA) is 120 Å². The van der Waals surface area contributed by atoms with Crippen LogP contribution in [0, 0.1) is 6.92 Å². The lowest BCUT2D eigenvalue weighted by molar-refractivity contribution is -0.115. The largest absolute Gasteiger partial charge is 0.367 e. The zero-order valence-corrected chi connectivity index (χ0v) is 19.1. The van der Waals surface area contributed by atoms with E-state index in [0.717, 1.165) is 53.8 Å². The third kappa shape index (κ3) is 6.21. The van der Waals surface area contributed by atoms with Gasteiger partial charge in [0.2, 0.25) is 5.91 Å². The van der Waals surface area contributed by atoms with Crippen LogP contribution in [0.3, 0.4) is 0 Å². The van der Waals surface area contributed by atoms with E-state index in [4.69, 9.17) is 4.98 Å². The Morgan fingerprint density at radius 1 is 1.12 bits per heavy atom. The summed E-state index contributed by atoms with van der Waals surface area (Å²) in [6.45, 7) is 5.77. The zero-order valence-electron chi connectivity index (χ0n) is 18.2. The maximum Gasteiger partial charge on any atom is 0.224 e. The fourth-order valence-electron chi connectivity index (χ4n) is 3.37. The highest BCUT2D eigenvalue weighted by atomic mass is 32.2. The zero-order chi connectivity index (χ0) is 22.3. The van der Waals surface area contributed by atoms with Crippen LogP contribution in [-0.2, 0) is 4.79 Å². The van der Waals surface area contributed by atoms with Gasteiger partial charge in [0, 0.05) is 35.2 Å². The van der Waals surface area contributed by atoms with Crippen molar-refractivity contribution < 1.29 is 4.79 Å². The maximum absolute atomic E-state index is 11.6. The number of amides is 1. The smallest absolute Gasteiger partial charge is 0.224 e. The van der Waals surface area contributed by atoms with E-state index in [0.29, 0.717) is 23.4 Å². The first-order chi connectivity index (χ1) is 15.6. The van der Waals surface area contributed by atoms with Crippen LogP contribution in [0.25, 0.3) is 0 Å². The SMILES string of the molecule is CCC(=O)Nc1ccc(Sc2nc(Nc3cc(C)n[nH]3)cc(NC3CCNCC3)n2)cc1. The molecule has 4 rings (SSSR count). The first-order valence-electron chi connectivity index (χ1n) is 10.8. The summed E-state index contributed by atoms with van der Waals surface area (Å²) in [4.78, 5) is 22.0. The van der Waals surface area contributed by atoms with Gasteiger partial charge in [-0.1, -0.05) is 6.92 Å². The number of aromatic nitrogens is 4. The molecule has 0 saturated carbocycles. The van der Waals surface area contributed by atoms with Gasteiger partial charge in [0.1, 0.15) is 17.5 Å². The number of aromatic amines is 1. The minimum atomic E-state index is -0.00446. The fourth-order valence-corrected chi connectivity index (χ4v) is 4.14. The van der Waals surface area contributed by atoms with Gasteiger partial charge in [0.25, 0.3) is 0 Å². The Bertz CT molecular complexity index is 1050. The fraction of sp³-hybridized carbons (Fsp3) is 0.364. The molecule has 1 fully saturated rings. The van der Waals surface area contributed by atoms with Crippen molar-refractivity contribution in [3.8, 4) is 0 Å². The molecule has 1 amide bonds. The van der Waals surface area contributed by atoms with Crippen molar-refractivity contribution >= 4 is 40.8 Å². The van der Waals surface area contributed by atoms with Gasteiger partial charge in [-0.25, -0.2) is 9.97 Å². The molecule has 0 radical (unpaired) electrons. The monoisotopic (exact) mass is 452 g/mol. The molecular formula is C22H28N8OS. The molecule has 5 N–H and O–H groups in total. The molecule has 0 spiro atoms. The van der Waals surface area contributed by atoms with Gasteiger partial charge < -0.3 is 21.3 Å². The van der Waals surface area contributed by atoms with Crippen LogP contribution in [0.5, 0.6) is 0 Å². The lowest BCUT2D eigenvalue weighted by atomic mass is 10.1. The van der Waals surface area contributed by atoms with Gasteiger partial charge in [-0.2, -0.15) is 5.10 Å². The Balaban J connectivity index is 1.53. The molecule has 1 aromatic carbocycles. The first kappa shape index (κ1) is 22.1. The van der Waals surface area contributed by atoms with Crippen LogP contribution in [0.1, 0.15) is 31.9 Å². The summed E-state index contributed by atoms with van der Waals surface area (Å²) in [6, 6.07) is 11.9. The van der Waals surface area contributed by atoms with Gasteiger partial charge in [-0.05, 0) is 68.9 Å². The number of hydrogen-bond acceptors (Lipinski definition) is 8. The summed E-state index contributed by atoms with van der Waals surface area (Å²) in [5.41, 5.74) is 1.68. The number of anilines is 4. The summed E-state index contributed by atoms with van der Waals surface area (Å²) in [5, 5.41) is 20.8. The van der Waals surface area contributed by atoms with E-state index in [1.165, 1.54) is 11.8 Å². The lowest BCUT2D eigenvalue weighted by Gasteiger charge is -2.24. The van der Waals surface area contributed by atoms with Crippen molar-refractivity contribution in [2.75, 3.05) is 29.0 Å². The number of aryl methyl sites for hydroxylation is 1. The summed E-state index contributed by atoms with van der Waals surface area (Å²) >= 11 is 1.47. The molecule has 3 aromatic rings. The third-order valence-corrected chi connectivity index (χ3v) is 5.91. The maximum atomic E-state index is 11.6. The van der Waals surface area contributed by atoms with E-state index < -0.39 is 0 Å². The quantitative estimate of drug-likeness (QED) is 0.326. The Morgan fingerprint density at radius 3 is 2.56 bits per heavy atom. The second kappa shape index (κ2) is 10.5. The van der Waals surface area contributed by atoms with E-state index in [2.05, 4.69) is 36.4 Å². The standard InChI is InChI=1S/C22H28N8OS/c1-3-21(31)25-15-4-6-17(7-5-15)32-22-27-18(24-16-8-10-23-11-9-16)13-19(28-22)26-20-12-14(2)29-30-20/h4-7,12-13,16,23H,3,8-11H2,1-2H3,(H,25,31)(H3,24,26,27,28,29,30). The van der Waals surface area contributed by atoms with Crippen LogP contribution in [-0.4, -0.2) is 45.2 Å². The molecule has 168 valence electrons. The Kier molecular flexibility index (Phi) is 7.23. The number of nitrogens with zero attached hydrogens (tertiary/aromatic N) is 3. The van der Waals surface area contributed by atoms with Gasteiger partial charge >= 0.3 is 0 Å². The van der Waals surface area contributed by atoms with Gasteiger partial charge in [0.15, 0.2) is 5.16 Å². The van der Waals surface area contributed by atoms with Crippen LogP contribution in [0.15, 0.2) is 46.5 Å². The summed E-state index contributed by atoms with van der Waals surface area (Å²) in [7, 11) is 0. The van der Waals surface area contributed by atoms with Crippen molar-refractivity contribution in [2.45, 2.75) is 49.2 Å². The highest BCUT2D eigenvalue weighted by Gasteiger charge is 2.15. The van der Waals surface area contributed by atoms with Crippen LogP contribution < -0.4 is 21.3 Å². The Morgan fingerprint density at radius 2 is 1.88 bits per heavy atom. The molecule has 0 aliphatic carbocycles. The molecule has 1 saturated heterocycles. The predicted molar refractivity (Wildman–Crippen MR) is 128 cm³/mol. The highest BCUT2D eigenvalue weighted by Crippen LogP contribution is 2.29. The van der Waals surface area contributed by atoms with Crippen molar-refractivity contribution in [1.29, 1.82) is 0 Å². The lowest BCUT2D eigenvalue weighted by Crippen LogP contribution is -2.35. The molecule has 9 nitrogen and oxygen atoms in total. The highest BCUT2D eigenvalue weighted by molar-refractivity contribution is 7.99.